The fourth-order valence-electron chi connectivity index (χ4n) is 1.33. The largest absolute Gasteiger partial charge is 0.335 e. The molecule has 0 radical (unpaired) electrons. The molecule has 0 atom stereocenters. The highest BCUT2D eigenvalue weighted by Crippen LogP contribution is 2.32. The molecule has 0 saturated carbocycles. The summed E-state index contributed by atoms with van der Waals surface area (Å²) in [7, 11) is 0. The van der Waals surface area contributed by atoms with E-state index in [9.17, 15) is 4.79 Å². The van der Waals surface area contributed by atoms with Crippen LogP contribution < -0.4 is 5.73 Å². The Kier molecular flexibility index (Phi) is 2.70. The van der Waals surface area contributed by atoms with Gasteiger partial charge in [0, 0.05) is 19.1 Å². The van der Waals surface area contributed by atoms with Crippen molar-refractivity contribution in [2.24, 2.45) is 5.73 Å². The van der Waals surface area contributed by atoms with Crippen molar-refractivity contribution in [2.45, 2.75) is 6.04 Å². The number of hydrogen-bond donors (Lipinski definition) is 1. The molecule has 3 nitrogen and oxygen atoms in total. The lowest BCUT2D eigenvalue weighted by Gasteiger charge is -2.36. The summed E-state index contributed by atoms with van der Waals surface area (Å²) in [5, 5.41) is 0. The molecule has 1 aliphatic heterocycles. The van der Waals surface area contributed by atoms with Gasteiger partial charge in [0.05, 0.1) is 9.90 Å². The zero-order valence-electron chi connectivity index (χ0n) is 7.17. The summed E-state index contributed by atoms with van der Waals surface area (Å²) >= 11 is 12.8. The normalized spacial score (nSPS) is 16.9. The number of halogens is 2. The molecule has 0 bridgehead atoms. The van der Waals surface area contributed by atoms with Crippen molar-refractivity contribution >= 4 is 40.4 Å². The predicted molar refractivity (Wildman–Crippen MR) is 58.2 cm³/mol. The van der Waals surface area contributed by atoms with Gasteiger partial charge in [-0.1, -0.05) is 23.2 Å². The van der Waals surface area contributed by atoms with Crippen LogP contribution in [0.25, 0.3) is 0 Å². The maximum absolute atomic E-state index is 11.7. The SMILES string of the molecule is NC1CN(C(=O)c2cc(Cl)sc2Cl)C1. The van der Waals surface area contributed by atoms with Crippen LogP contribution in [0.2, 0.25) is 8.67 Å². The highest BCUT2D eigenvalue weighted by Gasteiger charge is 2.30. The molecule has 1 aromatic rings. The fourth-order valence-corrected chi connectivity index (χ4v) is 2.78. The molecular formula is C8H8Cl2N2OS. The van der Waals surface area contributed by atoms with Crippen molar-refractivity contribution in [1.82, 2.24) is 4.90 Å². The van der Waals surface area contributed by atoms with Gasteiger partial charge in [-0.25, -0.2) is 0 Å². The number of hydrogen-bond acceptors (Lipinski definition) is 3. The number of likely N-dealkylation sites (tertiary alicyclic amines) is 1. The summed E-state index contributed by atoms with van der Waals surface area (Å²) in [4.78, 5) is 13.4. The van der Waals surface area contributed by atoms with Crippen LogP contribution in [0, 0.1) is 0 Å². The third-order valence-electron chi connectivity index (χ3n) is 2.08. The third-order valence-corrected chi connectivity index (χ3v) is 3.57. The van der Waals surface area contributed by atoms with Gasteiger partial charge in [-0.05, 0) is 6.07 Å². The molecule has 0 aliphatic carbocycles. The van der Waals surface area contributed by atoms with Crippen molar-refractivity contribution in [3.05, 3.63) is 20.3 Å². The van der Waals surface area contributed by atoms with Gasteiger partial charge in [0.15, 0.2) is 0 Å². The van der Waals surface area contributed by atoms with Crippen LogP contribution in [0.4, 0.5) is 0 Å². The van der Waals surface area contributed by atoms with E-state index >= 15 is 0 Å². The standard InChI is InChI=1S/C8H8Cl2N2OS/c9-6-1-5(7(10)14-6)8(13)12-2-4(11)3-12/h1,4H,2-3,11H2. The van der Waals surface area contributed by atoms with Crippen LogP contribution in [-0.2, 0) is 0 Å². The van der Waals surface area contributed by atoms with E-state index in [4.69, 9.17) is 28.9 Å². The smallest absolute Gasteiger partial charge is 0.256 e. The van der Waals surface area contributed by atoms with E-state index in [1.54, 1.807) is 11.0 Å². The van der Waals surface area contributed by atoms with Gasteiger partial charge in [0.2, 0.25) is 0 Å². The van der Waals surface area contributed by atoms with Crippen LogP contribution in [0.5, 0.6) is 0 Å². The van der Waals surface area contributed by atoms with Gasteiger partial charge in [-0.3, -0.25) is 4.79 Å². The Labute approximate surface area is 95.4 Å². The Morgan fingerprint density at radius 1 is 1.57 bits per heavy atom. The minimum absolute atomic E-state index is 0.0835. The predicted octanol–water partition coefficient (Wildman–Crippen LogP) is 1.84. The van der Waals surface area contributed by atoms with Gasteiger partial charge in [-0.15, -0.1) is 11.3 Å². The number of nitrogens with zero attached hydrogens (tertiary/aromatic N) is 1. The highest BCUT2D eigenvalue weighted by atomic mass is 35.5. The topological polar surface area (TPSA) is 46.3 Å². The second kappa shape index (κ2) is 3.70. The first-order valence-corrected chi connectivity index (χ1v) is 5.65. The summed E-state index contributed by atoms with van der Waals surface area (Å²) < 4.78 is 0.976. The van der Waals surface area contributed by atoms with Crippen molar-refractivity contribution in [2.75, 3.05) is 13.1 Å². The number of thiophene rings is 1. The molecule has 0 unspecified atom stereocenters. The van der Waals surface area contributed by atoms with E-state index in [2.05, 4.69) is 0 Å². The second-order valence-electron chi connectivity index (χ2n) is 3.21. The van der Waals surface area contributed by atoms with E-state index in [0.717, 1.165) is 0 Å². The van der Waals surface area contributed by atoms with Gasteiger partial charge >= 0.3 is 0 Å². The first-order valence-electron chi connectivity index (χ1n) is 4.07. The van der Waals surface area contributed by atoms with Crippen LogP contribution in [0.15, 0.2) is 6.07 Å². The summed E-state index contributed by atoms with van der Waals surface area (Å²) in [5.41, 5.74) is 6.06. The van der Waals surface area contributed by atoms with Crippen LogP contribution in [0.1, 0.15) is 10.4 Å². The third kappa shape index (κ3) is 1.75. The Balaban J connectivity index is 2.15. The van der Waals surface area contributed by atoms with Crippen molar-refractivity contribution in [3.8, 4) is 0 Å². The molecule has 1 fully saturated rings. The minimum atomic E-state index is -0.0835. The average Bonchev–Trinajstić information content (AvgIpc) is 2.39. The lowest BCUT2D eigenvalue weighted by atomic mass is 10.1. The van der Waals surface area contributed by atoms with E-state index in [-0.39, 0.29) is 11.9 Å². The molecule has 2 rings (SSSR count). The van der Waals surface area contributed by atoms with Crippen LogP contribution >= 0.6 is 34.5 Å². The molecular weight excluding hydrogens is 243 g/mol. The van der Waals surface area contributed by atoms with E-state index < -0.39 is 0 Å². The second-order valence-corrected chi connectivity index (χ2v) is 5.49. The molecule has 0 spiro atoms. The summed E-state index contributed by atoms with van der Waals surface area (Å²) in [6, 6.07) is 1.70. The lowest BCUT2D eigenvalue weighted by molar-refractivity contribution is 0.0609. The lowest BCUT2D eigenvalue weighted by Crippen LogP contribution is -2.57. The molecule has 14 heavy (non-hydrogen) atoms. The van der Waals surface area contributed by atoms with Gasteiger partial charge in [-0.2, -0.15) is 0 Å². The first kappa shape index (κ1) is 10.2. The fraction of sp³-hybridized carbons (Fsp3) is 0.375. The Bertz CT molecular complexity index is 373. The Morgan fingerprint density at radius 2 is 2.21 bits per heavy atom. The Morgan fingerprint density at radius 3 is 2.64 bits per heavy atom. The van der Waals surface area contributed by atoms with Crippen molar-refractivity contribution in [1.29, 1.82) is 0 Å². The van der Waals surface area contributed by atoms with Crippen molar-refractivity contribution in [3.63, 3.8) is 0 Å². The summed E-state index contributed by atoms with van der Waals surface area (Å²) in [5.74, 6) is -0.0835. The molecule has 2 N–H and O–H groups in total. The van der Waals surface area contributed by atoms with Gasteiger partial charge < -0.3 is 10.6 Å². The monoisotopic (exact) mass is 250 g/mol. The van der Waals surface area contributed by atoms with E-state index in [1.165, 1.54) is 11.3 Å². The maximum atomic E-state index is 11.7. The minimum Gasteiger partial charge on any atom is -0.335 e. The highest BCUT2D eigenvalue weighted by molar-refractivity contribution is 7.20. The molecule has 6 heteroatoms. The zero-order chi connectivity index (χ0) is 10.3. The van der Waals surface area contributed by atoms with Crippen LogP contribution in [-0.4, -0.2) is 29.9 Å². The van der Waals surface area contributed by atoms with Gasteiger partial charge in [0.25, 0.3) is 5.91 Å². The van der Waals surface area contributed by atoms with Crippen molar-refractivity contribution < 1.29 is 4.79 Å². The molecule has 2 heterocycles. The summed E-state index contributed by atoms with van der Waals surface area (Å²) in [6.07, 6.45) is 0. The van der Waals surface area contributed by atoms with E-state index in [1.807, 2.05) is 0 Å². The molecule has 1 saturated heterocycles. The number of amides is 1. The first-order chi connectivity index (χ1) is 6.58. The molecule has 1 amide bonds. The maximum Gasteiger partial charge on any atom is 0.256 e. The number of rotatable bonds is 1. The molecule has 1 aliphatic rings. The molecule has 0 aromatic carbocycles. The van der Waals surface area contributed by atoms with E-state index in [0.29, 0.717) is 27.3 Å². The quantitative estimate of drug-likeness (QED) is 0.827. The number of carbonyl (C=O) groups excluding carboxylic acids is 1. The van der Waals surface area contributed by atoms with Crippen LogP contribution in [0.3, 0.4) is 0 Å². The Hall–Kier alpha value is -0.290. The number of carbonyl (C=O) groups is 1. The molecule has 76 valence electrons. The number of nitrogens with two attached hydrogens (primary N) is 1. The van der Waals surface area contributed by atoms with Gasteiger partial charge in [0.1, 0.15) is 4.34 Å². The summed E-state index contributed by atoms with van der Waals surface area (Å²) in [6.45, 7) is 1.20. The zero-order valence-corrected chi connectivity index (χ0v) is 9.49. The molecule has 1 aromatic heterocycles. The average molecular weight is 251 g/mol.